The predicted octanol–water partition coefficient (Wildman–Crippen LogP) is 6.41. The maximum absolute atomic E-state index is 12.1. The largest absolute Gasteiger partial charge is 2.00 e. The van der Waals surface area contributed by atoms with Crippen LogP contribution in [0.5, 0.6) is 11.5 Å². The van der Waals surface area contributed by atoms with Crippen molar-refractivity contribution in [3.8, 4) is 11.5 Å². The van der Waals surface area contributed by atoms with E-state index in [1.54, 1.807) is 60.7 Å². The van der Waals surface area contributed by atoms with E-state index in [4.69, 9.17) is 0 Å². The summed E-state index contributed by atoms with van der Waals surface area (Å²) in [5.41, 5.74) is 3.09. The van der Waals surface area contributed by atoms with Gasteiger partial charge in [-0.25, -0.2) is 9.97 Å². The first-order valence-electron chi connectivity index (χ1n) is 13.2. The summed E-state index contributed by atoms with van der Waals surface area (Å²) >= 11 is 0. The van der Waals surface area contributed by atoms with Crippen LogP contribution in [-0.4, -0.2) is 21.5 Å². The maximum Gasteiger partial charge on any atom is 2.00 e. The van der Waals surface area contributed by atoms with Crippen molar-refractivity contribution >= 4 is 45.5 Å². The minimum atomic E-state index is -0.219. The number of benzene rings is 4. The predicted molar refractivity (Wildman–Crippen MR) is 162 cm³/mol. The molecule has 6 rings (SSSR count). The number of nitrogens with zero attached hydrogens (tertiary/aromatic N) is 2. The Labute approximate surface area is 261 Å². The molecule has 6 aromatic rings. The van der Waals surface area contributed by atoms with Gasteiger partial charge in [-0.05, 0) is 46.2 Å². The summed E-state index contributed by atoms with van der Waals surface area (Å²) in [6.07, 6.45) is 6.41. The van der Waals surface area contributed by atoms with Gasteiger partial charge in [-0.15, -0.1) is 0 Å². The molecule has 4 aromatic carbocycles. The molecule has 0 spiro atoms. The second-order valence-electron chi connectivity index (χ2n) is 9.27. The van der Waals surface area contributed by atoms with Gasteiger partial charge in [0.25, 0.3) is 0 Å². The molecule has 0 aliphatic carbocycles. The first kappa shape index (κ1) is 30.7. The third-order valence-corrected chi connectivity index (χ3v) is 6.32. The quantitative estimate of drug-likeness (QED) is 0.122. The Balaban J connectivity index is 0.000000192. The third kappa shape index (κ3) is 7.94. The number of rotatable bonds is 6. The van der Waals surface area contributed by atoms with Crippen molar-refractivity contribution in [1.29, 1.82) is 0 Å². The van der Waals surface area contributed by atoms with E-state index in [2.05, 4.69) is 9.97 Å². The van der Waals surface area contributed by atoms with Crippen molar-refractivity contribution in [3.63, 3.8) is 0 Å². The number of pyridine rings is 2. The number of ketones is 2. The van der Waals surface area contributed by atoms with Crippen molar-refractivity contribution in [2.24, 2.45) is 0 Å². The molecule has 0 N–H and O–H groups in total. The van der Waals surface area contributed by atoms with Crippen molar-refractivity contribution < 1.29 is 39.3 Å². The standard InChI is InChI=1S/2C18H13NO2.Zn/c2*20-16(12-9-13-5-2-1-3-6-13)15-11-10-14-7-4-8-17(21)18(14)19-15;/h2*1-12,21H;/q;;+2/p-2. The number of aromatic nitrogens is 2. The van der Waals surface area contributed by atoms with Crippen molar-refractivity contribution in [2.45, 2.75) is 0 Å². The molecule has 0 aliphatic rings. The number of allylic oxidation sites excluding steroid dienone is 2. The van der Waals surface area contributed by atoms with E-state index in [9.17, 15) is 19.8 Å². The number of hydrogen-bond acceptors (Lipinski definition) is 6. The Morgan fingerprint density at radius 3 is 1.28 bits per heavy atom. The van der Waals surface area contributed by atoms with E-state index >= 15 is 0 Å². The van der Waals surface area contributed by atoms with Gasteiger partial charge in [-0.1, -0.05) is 133 Å². The molecule has 7 heteroatoms. The Bertz CT molecular complexity index is 1800. The molecule has 0 saturated carbocycles. The second kappa shape index (κ2) is 14.6. The zero-order valence-electron chi connectivity index (χ0n) is 23.1. The maximum atomic E-state index is 12.1. The molecule has 6 nitrogen and oxygen atoms in total. The molecule has 0 saturated heterocycles. The molecule has 43 heavy (non-hydrogen) atoms. The summed E-state index contributed by atoms with van der Waals surface area (Å²) in [7, 11) is 0. The minimum absolute atomic E-state index is 0. The zero-order valence-corrected chi connectivity index (χ0v) is 26.1. The normalized spacial score (nSPS) is 10.8. The van der Waals surface area contributed by atoms with E-state index in [1.807, 2.05) is 60.7 Å². The molecule has 0 amide bonds. The molecule has 0 unspecified atom stereocenters. The number of carbonyl (C=O) groups is 2. The molecular weight excluding hydrogens is 590 g/mol. The number of carbonyl (C=O) groups excluding carboxylic acids is 2. The summed E-state index contributed by atoms with van der Waals surface area (Å²) in [5, 5.41) is 25.0. The van der Waals surface area contributed by atoms with Gasteiger partial charge < -0.3 is 10.2 Å². The van der Waals surface area contributed by atoms with Gasteiger partial charge in [-0.3, -0.25) is 9.59 Å². The Hall–Kier alpha value is -5.26. The van der Waals surface area contributed by atoms with Crippen LogP contribution >= 0.6 is 0 Å². The minimum Gasteiger partial charge on any atom is -0.871 e. The van der Waals surface area contributed by atoms with E-state index in [-0.39, 0.29) is 53.9 Å². The molecule has 0 aliphatic heterocycles. The van der Waals surface area contributed by atoms with Crippen LogP contribution < -0.4 is 10.2 Å². The van der Waals surface area contributed by atoms with E-state index < -0.39 is 0 Å². The summed E-state index contributed by atoms with van der Waals surface area (Å²) < 4.78 is 0. The fourth-order valence-corrected chi connectivity index (χ4v) is 4.16. The van der Waals surface area contributed by atoms with E-state index in [0.29, 0.717) is 11.0 Å². The van der Waals surface area contributed by atoms with Crippen LogP contribution in [0.4, 0.5) is 0 Å². The van der Waals surface area contributed by atoms with Gasteiger partial charge in [0.1, 0.15) is 11.4 Å². The van der Waals surface area contributed by atoms with Crippen LogP contribution in [0.2, 0.25) is 0 Å². The van der Waals surface area contributed by atoms with Crippen LogP contribution in [0.25, 0.3) is 34.0 Å². The molecule has 2 heterocycles. The molecule has 204 valence electrons. The average Bonchev–Trinajstić information content (AvgIpc) is 3.04. The second-order valence-corrected chi connectivity index (χ2v) is 9.27. The average molecular weight is 614 g/mol. The Morgan fingerprint density at radius 1 is 0.488 bits per heavy atom. The van der Waals surface area contributed by atoms with Crippen LogP contribution in [0.3, 0.4) is 0 Å². The topological polar surface area (TPSA) is 106 Å². The van der Waals surface area contributed by atoms with Gasteiger partial charge in [0.05, 0.1) is 11.0 Å². The van der Waals surface area contributed by atoms with Gasteiger partial charge >= 0.3 is 19.5 Å². The number of fused-ring (bicyclic) bond motifs is 2. The summed E-state index contributed by atoms with van der Waals surface area (Å²) in [4.78, 5) is 32.6. The van der Waals surface area contributed by atoms with Gasteiger partial charge in [-0.2, -0.15) is 0 Å². The van der Waals surface area contributed by atoms with Gasteiger partial charge in [0.2, 0.25) is 11.6 Å². The molecule has 0 atom stereocenters. The van der Waals surface area contributed by atoms with E-state index in [0.717, 1.165) is 21.9 Å². The van der Waals surface area contributed by atoms with Crippen molar-refractivity contribution in [3.05, 3.63) is 156 Å². The SMILES string of the molecule is O=C(C=Cc1ccccc1)c1ccc2cccc([O-])c2n1.O=C(C=Cc1ccccc1)c1ccc2cccc([O-])c2n1.[Zn+2]. The van der Waals surface area contributed by atoms with E-state index in [1.165, 1.54) is 24.3 Å². The first-order chi connectivity index (χ1) is 20.5. The Morgan fingerprint density at radius 2 is 0.884 bits per heavy atom. The smallest absolute Gasteiger partial charge is 0.871 e. The molecular formula is C36H24N2O4Zn. The summed E-state index contributed by atoms with van der Waals surface area (Å²) in [6.45, 7) is 0. The monoisotopic (exact) mass is 612 g/mol. The molecule has 0 radical (unpaired) electrons. The van der Waals surface area contributed by atoms with Gasteiger partial charge in [0.15, 0.2) is 0 Å². The van der Waals surface area contributed by atoms with Gasteiger partial charge in [0, 0.05) is 0 Å². The van der Waals surface area contributed by atoms with Crippen molar-refractivity contribution in [2.75, 3.05) is 0 Å². The third-order valence-electron chi connectivity index (χ3n) is 6.32. The van der Waals surface area contributed by atoms with Crippen LogP contribution in [0.1, 0.15) is 32.1 Å². The van der Waals surface area contributed by atoms with Crippen molar-refractivity contribution in [1.82, 2.24) is 9.97 Å². The fourth-order valence-electron chi connectivity index (χ4n) is 4.16. The van der Waals surface area contributed by atoms with Crippen LogP contribution in [0, 0.1) is 0 Å². The zero-order chi connectivity index (χ0) is 29.3. The summed E-state index contributed by atoms with van der Waals surface area (Å²) in [6, 6.07) is 35.7. The number of para-hydroxylation sites is 2. The number of hydrogen-bond donors (Lipinski definition) is 0. The fraction of sp³-hybridized carbons (Fsp3) is 0. The molecule has 0 fully saturated rings. The first-order valence-corrected chi connectivity index (χ1v) is 13.2. The summed E-state index contributed by atoms with van der Waals surface area (Å²) in [5.74, 6) is -0.781. The Kier molecular flexibility index (Phi) is 10.4. The molecule has 2 aromatic heterocycles. The van der Waals surface area contributed by atoms with Crippen LogP contribution in [0.15, 0.2) is 133 Å². The molecule has 0 bridgehead atoms. The van der Waals surface area contributed by atoms with Crippen LogP contribution in [-0.2, 0) is 19.5 Å².